The van der Waals surface area contributed by atoms with Gasteiger partial charge in [0.2, 0.25) is 10.0 Å². The minimum Gasteiger partial charge on any atom is -0.332 e. The van der Waals surface area contributed by atoms with E-state index in [1.165, 1.54) is 32.3 Å². The van der Waals surface area contributed by atoms with Gasteiger partial charge in [-0.05, 0) is 53.4 Å². The molecule has 5 nitrogen and oxygen atoms in total. The van der Waals surface area contributed by atoms with Crippen molar-refractivity contribution >= 4 is 38.9 Å². The number of benzene rings is 1. The van der Waals surface area contributed by atoms with Crippen molar-refractivity contribution in [1.82, 2.24) is 9.21 Å². The van der Waals surface area contributed by atoms with E-state index >= 15 is 0 Å². The van der Waals surface area contributed by atoms with Gasteiger partial charge in [0, 0.05) is 20.6 Å². The van der Waals surface area contributed by atoms with E-state index in [0.29, 0.717) is 6.54 Å². The number of halogens is 1. The first kappa shape index (κ1) is 18.4. The molecular weight excluding hydrogens is 380 g/mol. The number of nitrogens with zero attached hydrogens (tertiary/aromatic N) is 2. The Balaban J connectivity index is 1.97. The molecule has 1 fully saturated rings. The van der Waals surface area contributed by atoms with Crippen LogP contribution in [0.1, 0.15) is 34.8 Å². The van der Waals surface area contributed by atoms with E-state index in [-0.39, 0.29) is 27.4 Å². The van der Waals surface area contributed by atoms with Gasteiger partial charge in [-0.2, -0.15) is 11.3 Å². The summed E-state index contributed by atoms with van der Waals surface area (Å²) in [5.41, 5.74) is 1.34. The largest absolute Gasteiger partial charge is 0.332 e. The highest BCUT2D eigenvalue weighted by atomic mass is 35.5. The lowest BCUT2D eigenvalue weighted by Crippen LogP contribution is -2.31. The summed E-state index contributed by atoms with van der Waals surface area (Å²) in [5.74, 6) is -0.227. The van der Waals surface area contributed by atoms with Crippen LogP contribution in [0.5, 0.6) is 0 Å². The molecule has 0 N–H and O–H groups in total. The molecule has 1 atom stereocenters. The van der Waals surface area contributed by atoms with E-state index < -0.39 is 10.0 Å². The van der Waals surface area contributed by atoms with Gasteiger partial charge in [-0.15, -0.1) is 0 Å². The van der Waals surface area contributed by atoms with Crippen molar-refractivity contribution < 1.29 is 13.2 Å². The number of hydrogen-bond acceptors (Lipinski definition) is 4. The minimum absolute atomic E-state index is 0.0175. The average Bonchev–Trinajstić information content (AvgIpc) is 3.25. The van der Waals surface area contributed by atoms with Crippen LogP contribution >= 0.6 is 22.9 Å². The van der Waals surface area contributed by atoms with Crippen LogP contribution in [0.25, 0.3) is 0 Å². The number of thiophene rings is 1. The normalized spacial score (nSPS) is 18.1. The first-order valence-corrected chi connectivity index (χ1v) is 10.6. The highest BCUT2D eigenvalue weighted by Gasteiger charge is 2.32. The van der Waals surface area contributed by atoms with Crippen molar-refractivity contribution in [1.29, 1.82) is 0 Å². The first-order valence-electron chi connectivity index (χ1n) is 7.87. The van der Waals surface area contributed by atoms with Crippen LogP contribution in [0, 0.1) is 0 Å². The average molecular weight is 399 g/mol. The van der Waals surface area contributed by atoms with Crippen molar-refractivity contribution in [2.75, 3.05) is 20.6 Å². The van der Waals surface area contributed by atoms with Crippen LogP contribution < -0.4 is 0 Å². The molecular formula is C17H19ClN2O3S2. The lowest BCUT2D eigenvalue weighted by Gasteiger charge is -2.25. The lowest BCUT2D eigenvalue weighted by molar-refractivity contribution is 0.0736. The molecule has 8 heteroatoms. The molecule has 0 aliphatic carbocycles. The van der Waals surface area contributed by atoms with Crippen molar-refractivity contribution in [2.24, 2.45) is 0 Å². The predicted molar refractivity (Wildman–Crippen MR) is 99.7 cm³/mol. The molecule has 1 saturated heterocycles. The maximum absolute atomic E-state index is 13.1. The molecule has 1 unspecified atom stereocenters. The molecule has 134 valence electrons. The quantitative estimate of drug-likeness (QED) is 0.790. The van der Waals surface area contributed by atoms with Gasteiger partial charge in [-0.1, -0.05) is 11.6 Å². The van der Waals surface area contributed by atoms with Crippen LogP contribution in [0.3, 0.4) is 0 Å². The second-order valence-electron chi connectivity index (χ2n) is 6.14. The second-order valence-corrected chi connectivity index (χ2v) is 9.48. The SMILES string of the molecule is CN(C)S(=O)(=O)c1ccc(Cl)c(C(=O)N2CCCC2c2ccsc2)c1. The van der Waals surface area contributed by atoms with Gasteiger partial charge in [-0.3, -0.25) is 4.79 Å². The zero-order valence-electron chi connectivity index (χ0n) is 14.0. The number of carbonyl (C=O) groups excluding carboxylic acids is 1. The van der Waals surface area contributed by atoms with Crippen LogP contribution in [0.2, 0.25) is 5.02 Å². The van der Waals surface area contributed by atoms with Crippen molar-refractivity contribution in [3.63, 3.8) is 0 Å². The molecule has 2 heterocycles. The van der Waals surface area contributed by atoms with E-state index in [2.05, 4.69) is 0 Å². The Kier molecular flexibility index (Phi) is 5.20. The van der Waals surface area contributed by atoms with Gasteiger partial charge in [0.1, 0.15) is 0 Å². The fourth-order valence-corrected chi connectivity index (χ4v) is 4.85. The number of rotatable bonds is 4. The van der Waals surface area contributed by atoms with Crippen LogP contribution in [0.15, 0.2) is 39.9 Å². The summed E-state index contributed by atoms with van der Waals surface area (Å²) in [5, 5.41) is 4.30. The number of amides is 1. The smallest absolute Gasteiger partial charge is 0.255 e. The lowest BCUT2D eigenvalue weighted by atomic mass is 10.1. The molecule has 1 aliphatic heterocycles. The standard InChI is InChI=1S/C17H19ClN2O3S2/c1-19(2)25(22,23)13-5-6-15(18)14(10-13)17(21)20-8-3-4-16(20)12-7-9-24-11-12/h5-7,9-11,16H,3-4,8H2,1-2H3. The van der Waals surface area contributed by atoms with E-state index in [1.807, 2.05) is 16.8 Å². The molecule has 25 heavy (non-hydrogen) atoms. The molecule has 0 radical (unpaired) electrons. The maximum atomic E-state index is 13.1. The number of carbonyl (C=O) groups is 1. The number of hydrogen-bond donors (Lipinski definition) is 0. The summed E-state index contributed by atoms with van der Waals surface area (Å²) in [4.78, 5) is 14.9. The van der Waals surface area contributed by atoms with Crippen molar-refractivity contribution in [3.8, 4) is 0 Å². The molecule has 1 aromatic heterocycles. The van der Waals surface area contributed by atoms with E-state index in [9.17, 15) is 13.2 Å². The Bertz CT molecular complexity index is 879. The Morgan fingerprint density at radius 3 is 2.72 bits per heavy atom. The second kappa shape index (κ2) is 7.07. The molecule has 2 aromatic rings. The number of sulfonamides is 1. The fourth-order valence-electron chi connectivity index (χ4n) is 3.02. The minimum atomic E-state index is -3.62. The van der Waals surface area contributed by atoms with Crippen LogP contribution in [0.4, 0.5) is 0 Å². The summed E-state index contributed by atoms with van der Waals surface area (Å²) < 4.78 is 25.8. The highest BCUT2D eigenvalue weighted by molar-refractivity contribution is 7.89. The summed E-state index contributed by atoms with van der Waals surface area (Å²) in [6, 6.07) is 6.32. The van der Waals surface area contributed by atoms with Gasteiger partial charge >= 0.3 is 0 Å². The molecule has 1 aromatic carbocycles. The van der Waals surface area contributed by atoms with Gasteiger partial charge < -0.3 is 4.90 Å². The molecule has 1 amide bonds. The molecule has 0 saturated carbocycles. The van der Waals surface area contributed by atoms with Crippen molar-refractivity contribution in [3.05, 3.63) is 51.2 Å². The third kappa shape index (κ3) is 3.46. The maximum Gasteiger partial charge on any atom is 0.255 e. The van der Waals surface area contributed by atoms with Gasteiger partial charge in [0.15, 0.2) is 0 Å². The Hall–Kier alpha value is -1.41. The summed E-state index contributed by atoms with van der Waals surface area (Å²) >= 11 is 7.82. The Morgan fingerprint density at radius 1 is 1.32 bits per heavy atom. The Morgan fingerprint density at radius 2 is 2.08 bits per heavy atom. The number of likely N-dealkylation sites (tertiary alicyclic amines) is 1. The summed E-state index contributed by atoms with van der Waals surface area (Å²) in [7, 11) is -0.711. The molecule has 0 bridgehead atoms. The van der Waals surface area contributed by atoms with Crippen LogP contribution in [-0.2, 0) is 10.0 Å². The van der Waals surface area contributed by atoms with Crippen molar-refractivity contribution in [2.45, 2.75) is 23.8 Å². The summed E-state index contributed by atoms with van der Waals surface area (Å²) in [6.45, 7) is 0.639. The summed E-state index contributed by atoms with van der Waals surface area (Å²) in [6.07, 6.45) is 1.81. The van der Waals surface area contributed by atoms with Gasteiger partial charge in [0.05, 0.1) is 21.5 Å². The van der Waals surface area contributed by atoms with Crippen LogP contribution in [-0.4, -0.2) is 44.2 Å². The molecule has 3 rings (SSSR count). The molecule has 0 spiro atoms. The monoisotopic (exact) mass is 398 g/mol. The third-order valence-corrected chi connectivity index (χ3v) is 7.23. The fraction of sp³-hybridized carbons (Fsp3) is 0.353. The topological polar surface area (TPSA) is 57.7 Å². The highest BCUT2D eigenvalue weighted by Crippen LogP contribution is 2.35. The first-order chi connectivity index (χ1) is 11.8. The Labute approximate surface area is 156 Å². The predicted octanol–water partition coefficient (Wildman–Crippen LogP) is 3.63. The van der Waals surface area contributed by atoms with Gasteiger partial charge in [-0.25, -0.2) is 12.7 Å². The zero-order valence-corrected chi connectivity index (χ0v) is 16.4. The van der Waals surface area contributed by atoms with E-state index in [4.69, 9.17) is 11.6 Å². The van der Waals surface area contributed by atoms with Gasteiger partial charge in [0.25, 0.3) is 5.91 Å². The van der Waals surface area contributed by atoms with E-state index in [0.717, 1.165) is 22.7 Å². The van der Waals surface area contributed by atoms with E-state index in [1.54, 1.807) is 16.2 Å². The third-order valence-electron chi connectivity index (χ3n) is 4.39. The molecule has 1 aliphatic rings. The zero-order chi connectivity index (χ0) is 18.2.